The predicted octanol–water partition coefficient (Wildman–Crippen LogP) is 2.14. The number of anilines is 1. The number of benzene rings is 1. The van der Waals surface area contributed by atoms with Crippen LogP contribution in [0.1, 0.15) is 30.3 Å². The molecule has 0 unspecified atom stereocenters. The Labute approximate surface area is 145 Å². The van der Waals surface area contributed by atoms with Crippen molar-refractivity contribution in [2.75, 3.05) is 18.0 Å². The second-order valence-corrected chi connectivity index (χ2v) is 6.18. The molecular weight excluding hydrogens is 316 g/mol. The number of rotatable bonds is 4. The molecule has 25 heavy (non-hydrogen) atoms. The number of aromatic amines is 1. The normalized spacial score (nSPS) is 15.5. The van der Waals surface area contributed by atoms with Crippen molar-refractivity contribution in [3.63, 3.8) is 0 Å². The molecule has 7 nitrogen and oxygen atoms in total. The number of nitrogens with one attached hydrogen (secondary N) is 1. The summed E-state index contributed by atoms with van der Waals surface area (Å²) in [4.78, 5) is 15.5. The van der Waals surface area contributed by atoms with Gasteiger partial charge >= 0.3 is 0 Å². The number of hydrogen-bond donors (Lipinski definition) is 2. The van der Waals surface area contributed by atoms with Crippen LogP contribution in [-0.4, -0.2) is 43.3 Å². The largest absolute Gasteiger partial charge is 0.390 e. The molecule has 0 atom stereocenters. The molecule has 0 bridgehead atoms. The third-order valence-electron chi connectivity index (χ3n) is 4.56. The van der Waals surface area contributed by atoms with Gasteiger partial charge in [0.15, 0.2) is 5.82 Å². The van der Waals surface area contributed by atoms with E-state index < -0.39 is 0 Å². The van der Waals surface area contributed by atoms with Crippen molar-refractivity contribution in [2.24, 2.45) is 0 Å². The molecule has 7 heteroatoms. The Morgan fingerprint density at radius 1 is 1.08 bits per heavy atom. The standard InChI is InChI=1S/C18H20N6O/c25-12-15-6-9-19-18(20-15)24-10-7-14(8-11-24)17-21-16(22-23-17)13-4-2-1-3-5-13/h1-6,9,14,25H,7-8,10-12H2,(H,21,22,23). The van der Waals surface area contributed by atoms with Crippen LogP contribution < -0.4 is 4.90 Å². The van der Waals surface area contributed by atoms with Gasteiger partial charge in [0.05, 0.1) is 12.3 Å². The molecule has 1 saturated heterocycles. The number of aliphatic hydroxyl groups is 1. The van der Waals surface area contributed by atoms with Crippen LogP contribution in [0, 0.1) is 0 Å². The summed E-state index contributed by atoms with van der Waals surface area (Å²) in [7, 11) is 0. The van der Waals surface area contributed by atoms with E-state index in [1.54, 1.807) is 12.3 Å². The molecule has 128 valence electrons. The maximum Gasteiger partial charge on any atom is 0.225 e. The van der Waals surface area contributed by atoms with Crippen LogP contribution in [0.5, 0.6) is 0 Å². The summed E-state index contributed by atoms with van der Waals surface area (Å²) in [5, 5.41) is 16.7. The van der Waals surface area contributed by atoms with Crippen molar-refractivity contribution in [1.29, 1.82) is 0 Å². The van der Waals surface area contributed by atoms with E-state index in [4.69, 9.17) is 0 Å². The minimum absolute atomic E-state index is 0.0632. The van der Waals surface area contributed by atoms with E-state index in [9.17, 15) is 5.11 Å². The summed E-state index contributed by atoms with van der Waals surface area (Å²) >= 11 is 0. The molecule has 0 saturated carbocycles. The monoisotopic (exact) mass is 336 g/mol. The minimum atomic E-state index is -0.0632. The lowest BCUT2D eigenvalue weighted by atomic mass is 9.96. The average molecular weight is 336 g/mol. The van der Waals surface area contributed by atoms with E-state index in [1.165, 1.54) is 0 Å². The zero-order valence-electron chi connectivity index (χ0n) is 13.8. The van der Waals surface area contributed by atoms with Crippen LogP contribution in [0.3, 0.4) is 0 Å². The third kappa shape index (κ3) is 3.36. The molecule has 1 aliphatic rings. The number of piperidine rings is 1. The van der Waals surface area contributed by atoms with E-state index in [0.717, 1.165) is 43.1 Å². The summed E-state index contributed by atoms with van der Waals surface area (Å²) in [6.07, 6.45) is 3.63. The lowest BCUT2D eigenvalue weighted by molar-refractivity contribution is 0.276. The molecule has 2 N–H and O–H groups in total. The molecule has 3 aromatic rings. The molecule has 0 aliphatic carbocycles. The van der Waals surface area contributed by atoms with E-state index >= 15 is 0 Å². The molecule has 1 fully saturated rings. The number of hydrogen-bond acceptors (Lipinski definition) is 6. The summed E-state index contributed by atoms with van der Waals surface area (Å²) in [6, 6.07) is 11.7. The van der Waals surface area contributed by atoms with Crippen molar-refractivity contribution in [3.05, 3.63) is 54.1 Å². The van der Waals surface area contributed by atoms with Gasteiger partial charge in [-0.05, 0) is 18.9 Å². The quantitative estimate of drug-likeness (QED) is 0.758. The minimum Gasteiger partial charge on any atom is -0.390 e. The highest BCUT2D eigenvalue weighted by molar-refractivity contribution is 5.53. The van der Waals surface area contributed by atoms with Crippen LogP contribution in [-0.2, 0) is 6.61 Å². The zero-order chi connectivity index (χ0) is 17.1. The zero-order valence-corrected chi connectivity index (χ0v) is 13.8. The van der Waals surface area contributed by atoms with E-state index in [-0.39, 0.29) is 6.61 Å². The Morgan fingerprint density at radius 3 is 2.64 bits per heavy atom. The maximum atomic E-state index is 9.22. The van der Waals surface area contributed by atoms with Gasteiger partial charge in [0.25, 0.3) is 0 Å². The van der Waals surface area contributed by atoms with Gasteiger partial charge in [-0.1, -0.05) is 30.3 Å². The molecule has 3 heterocycles. The van der Waals surface area contributed by atoms with Gasteiger partial charge in [0, 0.05) is 30.8 Å². The fourth-order valence-corrected chi connectivity index (χ4v) is 3.15. The highest BCUT2D eigenvalue weighted by atomic mass is 16.3. The second-order valence-electron chi connectivity index (χ2n) is 6.18. The van der Waals surface area contributed by atoms with Crippen molar-refractivity contribution >= 4 is 5.95 Å². The first-order valence-corrected chi connectivity index (χ1v) is 8.49. The van der Waals surface area contributed by atoms with E-state index in [2.05, 4.69) is 30.0 Å². The maximum absolute atomic E-state index is 9.22. The van der Waals surface area contributed by atoms with Crippen LogP contribution >= 0.6 is 0 Å². The van der Waals surface area contributed by atoms with Gasteiger partial charge in [0.1, 0.15) is 5.82 Å². The van der Waals surface area contributed by atoms with E-state index in [1.807, 2.05) is 30.3 Å². The lowest BCUT2D eigenvalue weighted by Crippen LogP contribution is -2.34. The molecule has 4 rings (SSSR count). The van der Waals surface area contributed by atoms with Crippen molar-refractivity contribution in [1.82, 2.24) is 25.1 Å². The average Bonchev–Trinajstić information content (AvgIpc) is 3.19. The van der Waals surface area contributed by atoms with Gasteiger partial charge in [0.2, 0.25) is 5.95 Å². The second kappa shape index (κ2) is 6.98. The van der Waals surface area contributed by atoms with Crippen LogP contribution in [0.15, 0.2) is 42.6 Å². The van der Waals surface area contributed by atoms with Crippen LogP contribution in [0.25, 0.3) is 11.4 Å². The Bertz CT molecular complexity index is 826. The molecule has 0 radical (unpaired) electrons. The van der Waals surface area contributed by atoms with Gasteiger partial charge < -0.3 is 10.0 Å². The van der Waals surface area contributed by atoms with E-state index in [0.29, 0.717) is 17.6 Å². The van der Waals surface area contributed by atoms with Gasteiger partial charge in [-0.3, -0.25) is 5.10 Å². The van der Waals surface area contributed by atoms with Gasteiger partial charge in [-0.25, -0.2) is 15.0 Å². The molecule has 1 aliphatic heterocycles. The summed E-state index contributed by atoms with van der Waals surface area (Å²) in [5.74, 6) is 2.75. The summed E-state index contributed by atoms with van der Waals surface area (Å²) in [5.41, 5.74) is 1.67. The summed E-state index contributed by atoms with van der Waals surface area (Å²) in [6.45, 7) is 1.66. The molecular formula is C18H20N6O. The molecule has 1 aromatic carbocycles. The fourth-order valence-electron chi connectivity index (χ4n) is 3.15. The Morgan fingerprint density at radius 2 is 1.88 bits per heavy atom. The smallest absolute Gasteiger partial charge is 0.225 e. The number of nitrogens with zero attached hydrogens (tertiary/aromatic N) is 5. The topological polar surface area (TPSA) is 90.8 Å². The van der Waals surface area contributed by atoms with Crippen LogP contribution in [0.2, 0.25) is 0 Å². The number of H-pyrrole nitrogens is 1. The van der Waals surface area contributed by atoms with Crippen molar-refractivity contribution in [2.45, 2.75) is 25.4 Å². The first-order chi connectivity index (χ1) is 12.3. The first-order valence-electron chi connectivity index (χ1n) is 8.49. The van der Waals surface area contributed by atoms with Crippen molar-refractivity contribution in [3.8, 4) is 11.4 Å². The molecule has 0 amide bonds. The van der Waals surface area contributed by atoms with Crippen LogP contribution in [0.4, 0.5) is 5.95 Å². The summed E-state index contributed by atoms with van der Waals surface area (Å²) < 4.78 is 0. The highest BCUT2D eigenvalue weighted by Gasteiger charge is 2.25. The fraction of sp³-hybridized carbons (Fsp3) is 0.333. The number of aromatic nitrogens is 5. The first kappa shape index (κ1) is 15.7. The molecule has 2 aromatic heterocycles. The van der Waals surface area contributed by atoms with Crippen molar-refractivity contribution < 1.29 is 5.11 Å². The SMILES string of the molecule is OCc1ccnc(N2CCC(c3nc(-c4ccccc4)n[nH]3)CC2)n1. The highest BCUT2D eigenvalue weighted by Crippen LogP contribution is 2.28. The van der Waals surface area contributed by atoms with Gasteiger partial charge in [-0.15, -0.1) is 0 Å². The third-order valence-corrected chi connectivity index (χ3v) is 4.56. The Balaban J connectivity index is 1.43. The Hall–Kier alpha value is -2.80. The van der Waals surface area contributed by atoms with Gasteiger partial charge in [-0.2, -0.15) is 5.10 Å². The molecule has 0 spiro atoms. The lowest BCUT2D eigenvalue weighted by Gasteiger charge is -2.31. The predicted molar refractivity (Wildman–Crippen MR) is 94.0 cm³/mol. The Kier molecular flexibility index (Phi) is 4.39. The number of aliphatic hydroxyl groups excluding tert-OH is 1.